The molecular weight excluding hydrogens is 452 g/mol. The van der Waals surface area contributed by atoms with Crippen LogP contribution in [0.5, 0.6) is 5.75 Å². The molecule has 3 aromatic carbocycles. The van der Waals surface area contributed by atoms with Crippen LogP contribution in [0.25, 0.3) is 33.2 Å². The van der Waals surface area contributed by atoms with Crippen LogP contribution in [-0.4, -0.2) is 45.7 Å². The first-order chi connectivity index (χ1) is 17.5. The van der Waals surface area contributed by atoms with Gasteiger partial charge in [-0.3, -0.25) is 4.79 Å². The molecule has 0 aliphatic rings. The van der Waals surface area contributed by atoms with E-state index >= 15 is 0 Å². The normalized spacial score (nSPS) is 12.1. The van der Waals surface area contributed by atoms with Crippen molar-refractivity contribution < 1.29 is 14.6 Å². The van der Waals surface area contributed by atoms with Crippen molar-refractivity contribution in [1.82, 2.24) is 20.3 Å². The summed E-state index contributed by atoms with van der Waals surface area (Å²) in [5.41, 5.74) is 5.77. The molecule has 0 radical (unpaired) electrons. The topological polar surface area (TPSA) is 100 Å². The summed E-state index contributed by atoms with van der Waals surface area (Å²) in [5, 5.41) is 14.8. The third-order valence-electron chi connectivity index (χ3n) is 6.42. The molecule has 0 saturated carbocycles. The number of hydrogen-bond donors (Lipinski definition) is 3. The van der Waals surface area contributed by atoms with Crippen LogP contribution in [-0.2, 0) is 6.42 Å². The maximum atomic E-state index is 13.5. The number of hydrogen-bond acceptors (Lipinski definition) is 5. The van der Waals surface area contributed by atoms with Crippen molar-refractivity contribution in [3.63, 3.8) is 0 Å². The number of ether oxygens (including phenoxy) is 1. The average Bonchev–Trinajstić information content (AvgIpc) is 3.30. The van der Waals surface area contributed by atoms with E-state index in [0.29, 0.717) is 23.1 Å². The Bertz CT molecular complexity index is 1570. The highest BCUT2D eigenvalue weighted by atomic mass is 16.5. The first-order valence-electron chi connectivity index (χ1n) is 11.9. The Labute approximate surface area is 209 Å². The van der Waals surface area contributed by atoms with E-state index in [9.17, 15) is 9.90 Å². The monoisotopic (exact) mass is 480 g/mol. The summed E-state index contributed by atoms with van der Waals surface area (Å²) >= 11 is 0. The number of aryl methyl sites for hydroxylation is 2. The number of carbonyl (C=O) groups excluding carboxylic acids is 1. The highest BCUT2D eigenvalue weighted by Crippen LogP contribution is 2.27. The average molecular weight is 481 g/mol. The van der Waals surface area contributed by atoms with E-state index in [4.69, 9.17) is 14.7 Å². The van der Waals surface area contributed by atoms with E-state index in [-0.39, 0.29) is 18.2 Å². The van der Waals surface area contributed by atoms with Crippen LogP contribution < -0.4 is 10.1 Å². The van der Waals surface area contributed by atoms with Gasteiger partial charge in [-0.15, -0.1) is 0 Å². The van der Waals surface area contributed by atoms with E-state index in [1.165, 1.54) is 0 Å². The van der Waals surface area contributed by atoms with Gasteiger partial charge in [-0.2, -0.15) is 0 Å². The zero-order valence-electron chi connectivity index (χ0n) is 20.5. The fourth-order valence-electron chi connectivity index (χ4n) is 4.54. The molecule has 7 nitrogen and oxygen atoms in total. The number of amides is 1. The van der Waals surface area contributed by atoms with Gasteiger partial charge in [0.15, 0.2) is 5.82 Å². The molecule has 0 bridgehead atoms. The molecule has 1 amide bonds. The molecular formula is C29H28N4O3. The Hall–Kier alpha value is -4.23. The van der Waals surface area contributed by atoms with Gasteiger partial charge in [0.05, 0.1) is 25.3 Å². The maximum absolute atomic E-state index is 13.5. The van der Waals surface area contributed by atoms with Crippen LogP contribution in [0.3, 0.4) is 0 Å². The summed E-state index contributed by atoms with van der Waals surface area (Å²) in [4.78, 5) is 26.2. The predicted octanol–water partition coefficient (Wildman–Crippen LogP) is 4.74. The number of aromatic nitrogens is 3. The fraction of sp³-hybridized carbons (Fsp3) is 0.207. The molecule has 0 aliphatic heterocycles. The third kappa shape index (κ3) is 4.53. The van der Waals surface area contributed by atoms with Gasteiger partial charge in [-0.1, -0.05) is 29.8 Å². The number of fused-ring (bicyclic) bond motifs is 2. The second kappa shape index (κ2) is 9.79. The number of methoxy groups -OCH3 is 1. The third-order valence-corrected chi connectivity index (χ3v) is 6.42. The van der Waals surface area contributed by atoms with Gasteiger partial charge in [-0.05, 0) is 67.8 Å². The minimum atomic E-state index is -0.474. The second-order valence-electron chi connectivity index (χ2n) is 9.02. The van der Waals surface area contributed by atoms with Crippen molar-refractivity contribution in [3.8, 4) is 17.1 Å². The molecule has 3 N–H and O–H groups in total. The Morgan fingerprint density at radius 1 is 1.06 bits per heavy atom. The first kappa shape index (κ1) is 23.5. The smallest absolute Gasteiger partial charge is 0.270 e. The first-order valence-corrected chi connectivity index (χ1v) is 11.9. The number of carbonyl (C=O) groups is 1. The van der Waals surface area contributed by atoms with Gasteiger partial charge in [0.1, 0.15) is 11.4 Å². The minimum absolute atomic E-state index is 0.197. The zero-order valence-corrected chi connectivity index (χ0v) is 20.5. The van der Waals surface area contributed by atoms with Crippen molar-refractivity contribution in [2.45, 2.75) is 26.3 Å². The lowest BCUT2D eigenvalue weighted by atomic mass is 10.0. The Morgan fingerprint density at radius 3 is 2.67 bits per heavy atom. The lowest BCUT2D eigenvalue weighted by molar-refractivity contribution is 0.0913. The molecule has 5 aromatic rings. The molecule has 0 saturated heterocycles. The van der Waals surface area contributed by atoms with Gasteiger partial charge >= 0.3 is 0 Å². The minimum Gasteiger partial charge on any atom is -0.496 e. The van der Waals surface area contributed by atoms with Crippen LogP contribution in [0.1, 0.15) is 27.2 Å². The number of para-hydroxylation sites is 1. The summed E-state index contributed by atoms with van der Waals surface area (Å²) in [5.74, 6) is 0.883. The summed E-state index contributed by atoms with van der Waals surface area (Å²) in [6, 6.07) is 19.0. The summed E-state index contributed by atoms with van der Waals surface area (Å²) < 4.78 is 5.38. The number of aliphatic hydroxyl groups excluding tert-OH is 1. The lowest BCUT2D eigenvalue weighted by Crippen LogP contribution is -2.39. The number of H-pyrrole nitrogens is 1. The van der Waals surface area contributed by atoms with Crippen molar-refractivity contribution in [2.75, 3.05) is 13.7 Å². The molecule has 7 heteroatoms. The molecule has 2 aromatic heterocycles. The van der Waals surface area contributed by atoms with Gasteiger partial charge in [-0.25, -0.2) is 9.97 Å². The molecule has 2 heterocycles. The van der Waals surface area contributed by atoms with Crippen molar-refractivity contribution in [1.29, 1.82) is 0 Å². The number of aliphatic hydroxyl groups is 1. The van der Waals surface area contributed by atoms with Crippen molar-refractivity contribution in [2.24, 2.45) is 0 Å². The molecule has 1 unspecified atom stereocenters. The van der Waals surface area contributed by atoms with E-state index in [1.807, 2.05) is 80.7 Å². The fourth-order valence-corrected chi connectivity index (χ4v) is 4.54. The summed E-state index contributed by atoms with van der Waals surface area (Å²) in [6.45, 7) is 3.73. The van der Waals surface area contributed by atoms with Crippen LogP contribution in [0.15, 0.2) is 66.9 Å². The molecule has 0 spiro atoms. The number of nitrogens with zero attached hydrogens (tertiary/aromatic N) is 2. The molecule has 0 fully saturated rings. The highest BCUT2D eigenvalue weighted by molar-refractivity contribution is 6.05. The molecule has 36 heavy (non-hydrogen) atoms. The summed E-state index contributed by atoms with van der Waals surface area (Å²) in [6.07, 6.45) is 2.41. The SMILES string of the molecule is COc1ccc(-c2nc(C(=O)NC(CO)Cc3c[nH]c4ccccc34)c3cc(C)ccc3n2)cc1C. The summed E-state index contributed by atoms with van der Waals surface area (Å²) in [7, 11) is 1.63. The number of aromatic amines is 1. The maximum Gasteiger partial charge on any atom is 0.270 e. The largest absolute Gasteiger partial charge is 0.496 e. The Morgan fingerprint density at radius 2 is 1.89 bits per heavy atom. The van der Waals surface area contributed by atoms with E-state index < -0.39 is 6.04 Å². The van der Waals surface area contributed by atoms with Gasteiger partial charge in [0.2, 0.25) is 0 Å². The van der Waals surface area contributed by atoms with Gasteiger partial charge < -0.3 is 20.1 Å². The van der Waals surface area contributed by atoms with E-state index in [2.05, 4.69) is 10.3 Å². The zero-order chi connectivity index (χ0) is 25.2. The van der Waals surface area contributed by atoms with Crippen LogP contribution >= 0.6 is 0 Å². The van der Waals surface area contributed by atoms with E-state index in [0.717, 1.165) is 38.9 Å². The number of benzene rings is 3. The Balaban J connectivity index is 1.50. The van der Waals surface area contributed by atoms with E-state index in [1.54, 1.807) is 7.11 Å². The molecule has 0 aliphatic carbocycles. The number of rotatable bonds is 7. The predicted molar refractivity (Wildman–Crippen MR) is 141 cm³/mol. The van der Waals surface area contributed by atoms with Gasteiger partial charge in [0, 0.05) is 28.0 Å². The van der Waals surface area contributed by atoms with Crippen molar-refractivity contribution >= 4 is 27.7 Å². The lowest BCUT2D eigenvalue weighted by Gasteiger charge is -2.17. The van der Waals surface area contributed by atoms with Crippen LogP contribution in [0.2, 0.25) is 0 Å². The van der Waals surface area contributed by atoms with Crippen molar-refractivity contribution in [3.05, 3.63) is 89.2 Å². The highest BCUT2D eigenvalue weighted by Gasteiger charge is 2.21. The van der Waals surface area contributed by atoms with Crippen LogP contribution in [0.4, 0.5) is 0 Å². The quantitative estimate of drug-likeness (QED) is 0.313. The Kier molecular flexibility index (Phi) is 6.40. The molecule has 182 valence electrons. The molecule has 5 rings (SSSR count). The standard InChI is InChI=1S/C29H28N4O3/c1-17-8-10-25-23(12-17)27(33-28(32-25)19-9-11-26(36-3)18(2)13-19)29(35)31-21(16-34)14-20-15-30-24-7-5-4-6-22(20)24/h4-13,15,21,30,34H,14,16H2,1-3H3,(H,31,35). The molecule has 1 atom stereocenters. The van der Waals surface area contributed by atoms with Crippen LogP contribution in [0, 0.1) is 13.8 Å². The van der Waals surface area contributed by atoms with Gasteiger partial charge in [0.25, 0.3) is 5.91 Å². The second-order valence-corrected chi connectivity index (χ2v) is 9.02. The number of nitrogens with one attached hydrogen (secondary N) is 2.